The van der Waals surface area contributed by atoms with E-state index < -0.39 is 15.7 Å². The molecule has 0 saturated heterocycles. The molecule has 1 aromatic heterocycles. The second kappa shape index (κ2) is 8.43. The van der Waals surface area contributed by atoms with E-state index in [2.05, 4.69) is 15.5 Å². The minimum Gasteiger partial charge on any atom is -0.297 e. The van der Waals surface area contributed by atoms with Crippen molar-refractivity contribution in [1.82, 2.24) is 10.2 Å². The number of nitrogens with one attached hydrogen (secondary N) is 1. The molecule has 6 nitrogen and oxygen atoms in total. The van der Waals surface area contributed by atoms with Gasteiger partial charge in [-0.25, -0.2) is 8.42 Å². The van der Waals surface area contributed by atoms with Gasteiger partial charge in [-0.3, -0.25) is 10.1 Å². The third kappa shape index (κ3) is 5.22. The summed E-state index contributed by atoms with van der Waals surface area (Å²) in [5.41, 5.74) is 1.35. The maximum atomic E-state index is 12.4. The molecule has 0 fully saturated rings. The Hall–Kier alpha value is -2.55. The summed E-state index contributed by atoms with van der Waals surface area (Å²) in [5, 5.41) is 10.6. The number of benzene rings is 2. The van der Waals surface area contributed by atoms with E-state index in [1.54, 1.807) is 54.6 Å². The molecule has 0 aliphatic rings. The first-order valence-corrected chi connectivity index (χ1v) is 10.6. The molecule has 1 N–H and O–H groups in total. The minimum atomic E-state index is -3.63. The largest absolute Gasteiger partial charge is 0.297 e. The van der Waals surface area contributed by atoms with Gasteiger partial charge in [-0.05, 0) is 23.3 Å². The summed E-state index contributed by atoms with van der Waals surface area (Å²) in [7, 11) is -3.63. The van der Waals surface area contributed by atoms with E-state index in [1.165, 1.54) is 6.08 Å². The van der Waals surface area contributed by atoms with Gasteiger partial charge >= 0.3 is 0 Å². The predicted molar refractivity (Wildman–Crippen MR) is 106 cm³/mol. The highest BCUT2D eigenvalue weighted by molar-refractivity contribution is 7.92. The Morgan fingerprint density at radius 3 is 2.52 bits per heavy atom. The van der Waals surface area contributed by atoms with Crippen LogP contribution < -0.4 is 5.32 Å². The van der Waals surface area contributed by atoms with Gasteiger partial charge in [0.2, 0.25) is 25.2 Å². The SMILES string of the molecule is O=C(C=Cc1ccccc1Cl)Nc1nnc(S(=O)(=O)Cc2ccccc2)s1. The van der Waals surface area contributed by atoms with Crippen LogP contribution in [0.3, 0.4) is 0 Å². The van der Waals surface area contributed by atoms with Crippen LogP contribution in [0, 0.1) is 0 Å². The Balaban J connectivity index is 1.67. The van der Waals surface area contributed by atoms with Gasteiger partial charge in [-0.1, -0.05) is 71.5 Å². The van der Waals surface area contributed by atoms with Crippen LogP contribution in [0.4, 0.5) is 5.13 Å². The van der Waals surface area contributed by atoms with E-state index in [0.29, 0.717) is 16.1 Å². The molecule has 0 aliphatic heterocycles. The van der Waals surface area contributed by atoms with Gasteiger partial charge in [0.1, 0.15) is 0 Å². The fourth-order valence-corrected chi connectivity index (χ4v) is 4.68. The number of anilines is 1. The fourth-order valence-electron chi connectivity index (χ4n) is 2.16. The van der Waals surface area contributed by atoms with Gasteiger partial charge in [-0.2, -0.15) is 0 Å². The van der Waals surface area contributed by atoms with Crippen molar-refractivity contribution < 1.29 is 13.2 Å². The predicted octanol–water partition coefficient (Wildman–Crippen LogP) is 3.82. The van der Waals surface area contributed by atoms with Crippen molar-refractivity contribution in [2.45, 2.75) is 10.1 Å². The molecule has 0 aliphatic carbocycles. The lowest BCUT2D eigenvalue weighted by Gasteiger charge is -2.00. The average Bonchev–Trinajstić information content (AvgIpc) is 3.11. The topological polar surface area (TPSA) is 89.0 Å². The highest BCUT2D eigenvalue weighted by atomic mass is 35.5. The van der Waals surface area contributed by atoms with Gasteiger partial charge in [0.05, 0.1) is 5.75 Å². The van der Waals surface area contributed by atoms with Gasteiger partial charge < -0.3 is 0 Å². The molecule has 0 spiro atoms. The molecule has 9 heteroatoms. The van der Waals surface area contributed by atoms with Crippen LogP contribution in [0.5, 0.6) is 0 Å². The Kier molecular flexibility index (Phi) is 6.00. The van der Waals surface area contributed by atoms with Crippen LogP contribution in [0.2, 0.25) is 5.02 Å². The minimum absolute atomic E-state index is 0.107. The summed E-state index contributed by atoms with van der Waals surface area (Å²) >= 11 is 6.83. The van der Waals surface area contributed by atoms with E-state index in [0.717, 1.165) is 11.3 Å². The van der Waals surface area contributed by atoms with Crippen LogP contribution in [-0.4, -0.2) is 24.5 Å². The summed E-state index contributed by atoms with van der Waals surface area (Å²) < 4.78 is 24.7. The number of carbonyl (C=O) groups is 1. The van der Waals surface area contributed by atoms with E-state index >= 15 is 0 Å². The van der Waals surface area contributed by atoms with Crippen molar-refractivity contribution in [2.24, 2.45) is 0 Å². The lowest BCUT2D eigenvalue weighted by atomic mass is 10.2. The number of rotatable bonds is 6. The van der Waals surface area contributed by atoms with Crippen molar-refractivity contribution in [2.75, 3.05) is 5.32 Å². The van der Waals surface area contributed by atoms with Gasteiger partial charge in [0.25, 0.3) is 0 Å². The van der Waals surface area contributed by atoms with Gasteiger partial charge in [0, 0.05) is 11.1 Å². The van der Waals surface area contributed by atoms with Crippen molar-refractivity contribution in [3.63, 3.8) is 0 Å². The Labute approximate surface area is 165 Å². The number of sulfone groups is 1. The molecule has 3 aromatic rings. The first kappa shape index (κ1) is 19.2. The third-order valence-corrected chi connectivity index (χ3v) is 6.74. The van der Waals surface area contributed by atoms with Crippen LogP contribution >= 0.6 is 22.9 Å². The maximum absolute atomic E-state index is 12.4. The monoisotopic (exact) mass is 419 g/mol. The quantitative estimate of drug-likeness (QED) is 0.484. The van der Waals surface area contributed by atoms with E-state index in [-0.39, 0.29) is 15.2 Å². The fraction of sp³-hybridized carbons (Fsp3) is 0.0556. The molecular weight excluding hydrogens is 406 g/mol. The van der Waals surface area contributed by atoms with Gasteiger partial charge in [-0.15, -0.1) is 10.2 Å². The number of hydrogen-bond donors (Lipinski definition) is 1. The zero-order chi connectivity index (χ0) is 19.3. The van der Waals surface area contributed by atoms with Crippen molar-refractivity contribution in [3.05, 3.63) is 76.8 Å². The lowest BCUT2D eigenvalue weighted by molar-refractivity contribution is -0.111. The molecule has 27 heavy (non-hydrogen) atoms. The number of aromatic nitrogens is 2. The van der Waals surface area contributed by atoms with E-state index in [9.17, 15) is 13.2 Å². The maximum Gasteiger partial charge on any atom is 0.250 e. The van der Waals surface area contributed by atoms with Crippen molar-refractivity contribution in [1.29, 1.82) is 0 Å². The molecule has 0 atom stereocenters. The first-order valence-electron chi connectivity index (χ1n) is 7.78. The standard InChI is InChI=1S/C18H14ClN3O3S2/c19-15-9-5-4-8-14(15)10-11-16(23)20-17-21-22-18(26-17)27(24,25)12-13-6-2-1-3-7-13/h1-11H,12H2,(H,20,21,23). The molecule has 0 radical (unpaired) electrons. The Bertz CT molecular complexity index is 1080. The average molecular weight is 420 g/mol. The highest BCUT2D eigenvalue weighted by Crippen LogP contribution is 2.23. The number of amides is 1. The molecule has 3 rings (SSSR count). The highest BCUT2D eigenvalue weighted by Gasteiger charge is 2.21. The molecule has 0 unspecified atom stereocenters. The number of nitrogens with zero attached hydrogens (tertiary/aromatic N) is 2. The van der Waals surface area contributed by atoms with Crippen LogP contribution in [-0.2, 0) is 20.4 Å². The summed E-state index contributed by atoms with van der Waals surface area (Å²) in [6.45, 7) is 0. The van der Waals surface area contributed by atoms with Gasteiger partial charge in [0.15, 0.2) is 0 Å². The third-order valence-electron chi connectivity index (χ3n) is 3.42. The number of halogens is 1. The van der Waals surface area contributed by atoms with Crippen molar-refractivity contribution in [3.8, 4) is 0 Å². The second-order valence-electron chi connectivity index (χ2n) is 5.46. The molecule has 2 aromatic carbocycles. The number of carbonyl (C=O) groups excluding carboxylic acids is 1. The Morgan fingerprint density at radius 1 is 1.07 bits per heavy atom. The summed E-state index contributed by atoms with van der Waals surface area (Å²) in [5.74, 6) is -0.638. The lowest BCUT2D eigenvalue weighted by Crippen LogP contribution is -2.07. The van der Waals surface area contributed by atoms with Crippen molar-refractivity contribution >= 4 is 49.9 Å². The molecule has 138 valence electrons. The van der Waals surface area contributed by atoms with Crippen LogP contribution in [0.15, 0.2) is 65.0 Å². The molecule has 0 saturated carbocycles. The summed E-state index contributed by atoms with van der Waals surface area (Å²) in [6.07, 6.45) is 2.85. The molecule has 0 bridgehead atoms. The van der Waals surface area contributed by atoms with Crippen LogP contribution in [0.25, 0.3) is 6.08 Å². The van der Waals surface area contributed by atoms with E-state index in [1.807, 2.05) is 6.07 Å². The smallest absolute Gasteiger partial charge is 0.250 e. The normalized spacial score (nSPS) is 11.6. The zero-order valence-corrected chi connectivity index (χ0v) is 16.3. The number of hydrogen-bond acceptors (Lipinski definition) is 6. The first-order chi connectivity index (χ1) is 12.9. The molecular formula is C18H14ClN3O3S2. The van der Waals surface area contributed by atoms with E-state index in [4.69, 9.17) is 11.6 Å². The zero-order valence-electron chi connectivity index (χ0n) is 13.9. The molecule has 1 heterocycles. The summed E-state index contributed by atoms with van der Waals surface area (Å²) in [4.78, 5) is 12.0. The molecule has 1 amide bonds. The Morgan fingerprint density at radius 2 is 1.78 bits per heavy atom. The second-order valence-corrected chi connectivity index (χ2v) is 9.01. The summed E-state index contributed by atoms with van der Waals surface area (Å²) in [6, 6.07) is 15.9. The van der Waals surface area contributed by atoms with Crippen LogP contribution in [0.1, 0.15) is 11.1 Å².